The number of anilines is 3. The number of nitrogens with zero attached hydrogens (tertiary/aromatic N) is 4. The van der Waals surface area contributed by atoms with Gasteiger partial charge in [0.05, 0.1) is 22.7 Å². The first-order valence-electron chi connectivity index (χ1n) is 9.29. The van der Waals surface area contributed by atoms with Crippen LogP contribution >= 0.6 is 0 Å². The van der Waals surface area contributed by atoms with E-state index in [4.69, 9.17) is 0 Å². The predicted molar refractivity (Wildman–Crippen MR) is 115 cm³/mol. The van der Waals surface area contributed by atoms with Crippen LogP contribution in [0.4, 0.5) is 17.3 Å². The molecule has 0 fully saturated rings. The summed E-state index contributed by atoms with van der Waals surface area (Å²) in [5, 5.41) is 3.11. The van der Waals surface area contributed by atoms with Gasteiger partial charge in [-0.05, 0) is 30.3 Å². The highest BCUT2D eigenvalue weighted by atomic mass is 32.2. The summed E-state index contributed by atoms with van der Waals surface area (Å²) in [7, 11) is 1.25. The van der Waals surface area contributed by atoms with Gasteiger partial charge in [-0.25, -0.2) is 22.7 Å². The van der Waals surface area contributed by atoms with E-state index >= 15 is 0 Å². The summed E-state index contributed by atoms with van der Waals surface area (Å²) in [6.45, 7) is 0. The van der Waals surface area contributed by atoms with Gasteiger partial charge >= 0.3 is 0 Å². The monoisotopic (exact) mass is 423 g/mol. The molecular weight excluding hydrogens is 402 g/mol. The first-order valence-corrected chi connectivity index (χ1v) is 10.7. The number of nitrogens with one attached hydrogen (secondary N) is 1. The van der Waals surface area contributed by atoms with E-state index in [1.54, 1.807) is 30.3 Å². The lowest BCUT2D eigenvalue weighted by Gasteiger charge is -2.16. The number of rotatable bonds is 4. The molecule has 8 nitrogen and oxygen atoms in total. The van der Waals surface area contributed by atoms with Crippen molar-refractivity contribution in [3.63, 3.8) is 0 Å². The molecule has 0 radical (unpaired) electrons. The van der Waals surface area contributed by atoms with Crippen LogP contribution in [0.3, 0.4) is 0 Å². The van der Waals surface area contributed by atoms with E-state index in [1.807, 2.05) is 24.3 Å². The summed E-state index contributed by atoms with van der Waals surface area (Å²) in [5.41, 5.74) is 3.77. The SMILES string of the molecule is CN1C(=O)Cc2cnc(Nc3ccc(S(=O)(=O)N(C)C)cc3)nc2-c2ccccc21. The Hall–Kier alpha value is -3.30. The lowest BCUT2D eigenvalue weighted by Crippen LogP contribution is -2.26. The van der Waals surface area contributed by atoms with Crippen LogP contribution in [-0.2, 0) is 21.2 Å². The lowest BCUT2D eigenvalue weighted by molar-refractivity contribution is -0.117. The first kappa shape index (κ1) is 20.0. The summed E-state index contributed by atoms with van der Waals surface area (Å²) >= 11 is 0. The molecule has 2 aromatic carbocycles. The van der Waals surface area contributed by atoms with Crippen molar-refractivity contribution in [1.82, 2.24) is 14.3 Å². The molecule has 1 amide bonds. The van der Waals surface area contributed by atoms with Gasteiger partial charge in [-0.3, -0.25) is 4.79 Å². The molecule has 0 unspecified atom stereocenters. The number of likely N-dealkylation sites (N-methyl/N-ethyl adjacent to an activating group) is 1. The summed E-state index contributed by atoms with van der Waals surface area (Å²) in [4.78, 5) is 23.3. The molecule has 154 valence electrons. The summed E-state index contributed by atoms with van der Waals surface area (Å²) in [6, 6.07) is 14.0. The topological polar surface area (TPSA) is 95.5 Å². The molecule has 30 heavy (non-hydrogen) atoms. The molecule has 2 heterocycles. The molecule has 1 aliphatic heterocycles. The van der Waals surface area contributed by atoms with Crippen molar-refractivity contribution < 1.29 is 13.2 Å². The van der Waals surface area contributed by atoms with E-state index in [0.717, 1.165) is 16.8 Å². The summed E-state index contributed by atoms with van der Waals surface area (Å²) in [6.07, 6.45) is 1.88. The highest BCUT2D eigenvalue weighted by Crippen LogP contribution is 2.35. The molecule has 4 rings (SSSR count). The van der Waals surface area contributed by atoms with Gasteiger partial charge in [0.2, 0.25) is 21.9 Å². The maximum atomic E-state index is 12.5. The number of amides is 1. The summed E-state index contributed by atoms with van der Waals surface area (Å²) in [5.74, 6) is 0.340. The molecule has 1 N–H and O–H groups in total. The zero-order chi connectivity index (χ0) is 21.5. The van der Waals surface area contributed by atoms with Crippen LogP contribution in [-0.4, -0.2) is 49.7 Å². The molecule has 0 atom stereocenters. The van der Waals surface area contributed by atoms with Gasteiger partial charge in [0.15, 0.2) is 0 Å². The minimum atomic E-state index is -3.49. The molecule has 0 aliphatic carbocycles. The largest absolute Gasteiger partial charge is 0.324 e. The fourth-order valence-corrected chi connectivity index (χ4v) is 4.16. The minimum Gasteiger partial charge on any atom is -0.324 e. The maximum absolute atomic E-state index is 12.5. The third-order valence-electron chi connectivity index (χ3n) is 4.99. The Labute approximate surface area is 175 Å². The number of carbonyl (C=O) groups excluding carboxylic acids is 1. The van der Waals surface area contributed by atoms with E-state index in [2.05, 4.69) is 15.3 Å². The zero-order valence-corrected chi connectivity index (χ0v) is 17.6. The van der Waals surface area contributed by atoms with Crippen LogP contribution in [0.1, 0.15) is 5.56 Å². The maximum Gasteiger partial charge on any atom is 0.242 e. The van der Waals surface area contributed by atoms with Crippen LogP contribution in [0.25, 0.3) is 11.3 Å². The smallest absolute Gasteiger partial charge is 0.242 e. The molecular formula is C21H21N5O3S. The van der Waals surface area contributed by atoms with Crippen LogP contribution in [0.15, 0.2) is 59.6 Å². The van der Waals surface area contributed by atoms with Crippen molar-refractivity contribution >= 4 is 33.3 Å². The van der Waals surface area contributed by atoms with Gasteiger partial charge in [-0.2, -0.15) is 0 Å². The van der Waals surface area contributed by atoms with Crippen molar-refractivity contribution in [3.8, 4) is 11.3 Å². The lowest BCUT2D eigenvalue weighted by atomic mass is 10.1. The van der Waals surface area contributed by atoms with E-state index in [0.29, 0.717) is 17.3 Å². The molecule has 9 heteroatoms. The van der Waals surface area contributed by atoms with Crippen molar-refractivity contribution in [2.45, 2.75) is 11.3 Å². The van der Waals surface area contributed by atoms with Crippen molar-refractivity contribution in [2.24, 2.45) is 0 Å². The predicted octanol–water partition coefficient (Wildman–Crippen LogP) is 2.66. The van der Waals surface area contributed by atoms with Crippen LogP contribution in [0.5, 0.6) is 0 Å². The minimum absolute atomic E-state index is 0.0248. The zero-order valence-electron chi connectivity index (χ0n) is 16.8. The van der Waals surface area contributed by atoms with Crippen molar-refractivity contribution in [3.05, 3.63) is 60.3 Å². The highest BCUT2D eigenvalue weighted by molar-refractivity contribution is 7.89. The number of carbonyl (C=O) groups is 1. The van der Waals surface area contributed by atoms with Crippen molar-refractivity contribution in [2.75, 3.05) is 31.4 Å². The number of sulfonamides is 1. The Morgan fingerprint density at radius 1 is 1.07 bits per heavy atom. The molecule has 1 aromatic heterocycles. The molecule has 1 aliphatic rings. The number of benzene rings is 2. The number of hydrogen-bond acceptors (Lipinski definition) is 6. The molecule has 0 saturated heterocycles. The Bertz CT molecular complexity index is 1220. The van der Waals surface area contributed by atoms with E-state index in [-0.39, 0.29) is 17.2 Å². The van der Waals surface area contributed by atoms with Gasteiger partial charge in [0.25, 0.3) is 0 Å². The normalized spacial score (nSPS) is 13.6. The second-order valence-electron chi connectivity index (χ2n) is 7.15. The molecule has 0 saturated carbocycles. The average molecular weight is 423 g/mol. The second-order valence-corrected chi connectivity index (χ2v) is 9.30. The first-order chi connectivity index (χ1) is 14.3. The third-order valence-corrected chi connectivity index (χ3v) is 6.82. The molecule has 0 bridgehead atoms. The van der Waals surface area contributed by atoms with E-state index in [1.165, 1.54) is 30.5 Å². The highest BCUT2D eigenvalue weighted by Gasteiger charge is 2.24. The standard InChI is InChI=1S/C21H21N5O3S/c1-25(2)30(28,29)16-10-8-15(9-11-16)23-21-22-13-14-12-19(27)26(3)18-7-5-4-6-17(18)20(14)24-21/h4-11,13H,12H2,1-3H3,(H,22,23,24). The van der Waals surface area contributed by atoms with Crippen LogP contribution in [0.2, 0.25) is 0 Å². The fraction of sp³-hybridized carbons (Fsp3) is 0.190. The quantitative estimate of drug-likeness (QED) is 0.693. The van der Waals surface area contributed by atoms with Gasteiger partial charge in [0.1, 0.15) is 0 Å². The Morgan fingerprint density at radius 3 is 2.47 bits per heavy atom. The van der Waals surface area contributed by atoms with E-state index < -0.39 is 10.0 Å². The Kier molecular flexibility index (Phi) is 5.00. The molecule has 0 spiro atoms. The average Bonchev–Trinajstić information content (AvgIpc) is 2.84. The van der Waals surface area contributed by atoms with E-state index in [9.17, 15) is 13.2 Å². The second kappa shape index (κ2) is 7.51. The Balaban J connectivity index is 1.68. The number of aromatic nitrogens is 2. The number of fused-ring (bicyclic) bond motifs is 3. The molecule has 3 aromatic rings. The summed E-state index contributed by atoms with van der Waals surface area (Å²) < 4.78 is 25.6. The van der Waals surface area contributed by atoms with Gasteiger partial charge < -0.3 is 10.2 Å². The van der Waals surface area contributed by atoms with Gasteiger partial charge in [-0.1, -0.05) is 18.2 Å². The Morgan fingerprint density at radius 2 is 1.77 bits per heavy atom. The van der Waals surface area contributed by atoms with Gasteiger partial charge in [-0.15, -0.1) is 0 Å². The number of hydrogen-bond donors (Lipinski definition) is 1. The van der Waals surface area contributed by atoms with Gasteiger partial charge in [0, 0.05) is 44.2 Å². The van der Waals surface area contributed by atoms with Crippen LogP contribution < -0.4 is 10.2 Å². The van der Waals surface area contributed by atoms with Crippen molar-refractivity contribution in [1.29, 1.82) is 0 Å². The fourth-order valence-electron chi connectivity index (χ4n) is 3.26. The number of para-hydroxylation sites is 1. The third kappa shape index (κ3) is 3.53. The van der Waals surface area contributed by atoms with Crippen LogP contribution in [0, 0.1) is 0 Å².